The predicted octanol–water partition coefficient (Wildman–Crippen LogP) is 6.53. The molecule has 0 radical (unpaired) electrons. The molecule has 2 fully saturated rings. The number of Topliss-reactive ketones (excluding diaryl/α,β-unsaturated/α-hetero) is 1. The van der Waals surface area contributed by atoms with Crippen molar-refractivity contribution in [2.75, 3.05) is 20.1 Å². The highest BCUT2D eigenvalue weighted by Crippen LogP contribution is 2.37. The topological polar surface area (TPSA) is 277 Å². The number of fused-ring (bicyclic) bond motifs is 2. The van der Waals surface area contributed by atoms with Crippen molar-refractivity contribution in [2.45, 2.75) is 199 Å². The average Bonchev–Trinajstić information content (AvgIpc) is 4.25. The molecule has 4 aliphatic rings. The molecule has 10 atom stereocenters. The lowest BCUT2D eigenvalue weighted by Gasteiger charge is -2.37. The largest absolute Gasteiger partial charge is 0.445 e. The number of nitrogens with two attached hydrogens (primary N) is 1. The molecule has 3 aromatic rings. The molecule has 1 saturated heterocycles. The van der Waals surface area contributed by atoms with Crippen LogP contribution in [0.5, 0.6) is 0 Å². The first-order valence-electron chi connectivity index (χ1n) is 30.0. The van der Waals surface area contributed by atoms with Gasteiger partial charge in [-0.3, -0.25) is 38.5 Å². The summed E-state index contributed by atoms with van der Waals surface area (Å²) in [4.78, 5) is 127. The smallest absolute Gasteiger partial charge is 0.410 e. The molecule has 1 saturated carbocycles. The molecule has 8 amide bonds. The summed E-state index contributed by atoms with van der Waals surface area (Å²) in [5, 5.41) is 17.9. The van der Waals surface area contributed by atoms with Gasteiger partial charge < -0.3 is 52.0 Å². The number of nitrogens with one attached hydrogen (secondary N) is 6. The third-order valence-electron chi connectivity index (χ3n) is 16.6. The molecule has 0 bridgehead atoms. The maximum absolute atomic E-state index is 14.8. The molecular formula is C64H89N9O11. The maximum atomic E-state index is 14.8. The van der Waals surface area contributed by atoms with Crippen LogP contribution >= 0.6 is 0 Å². The number of ether oxygens (including phenoxy) is 2. The van der Waals surface area contributed by atoms with E-state index in [1.807, 2.05) is 72.8 Å². The molecule has 1 aliphatic heterocycles. The highest BCUT2D eigenvalue weighted by molar-refractivity contribution is 5.96. The fourth-order valence-corrected chi connectivity index (χ4v) is 12.0. The molecule has 20 nitrogen and oxygen atoms in total. The zero-order valence-corrected chi connectivity index (χ0v) is 50.3. The van der Waals surface area contributed by atoms with E-state index in [9.17, 15) is 43.2 Å². The van der Waals surface area contributed by atoms with Gasteiger partial charge >= 0.3 is 12.2 Å². The Morgan fingerprint density at radius 2 is 1.29 bits per heavy atom. The minimum Gasteiger partial charge on any atom is -0.445 e. The molecule has 1 heterocycles. The molecule has 3 aromatic carbocycles. The molecule has 84 heavy (non-hydrogen) atoms. The van der Waals surface area contributed by atoms with Gasteiger partial charge in [0.15, 0.2) is 5.78 Å². The van der Waals surface area contributed by atoms with Crippen LogP contribution in [0.15, 0.2) is 78.9 Å². The monoisotopic (exact) mass is 1160 g/mol. The van der Waals surface area contributed by atoms with Crippen molar-refractivity contribution in [1.82, 2.24) is 41.7 Å². The molecule has 7 rings (SSSR count). The van der Waals surface area contributed by atoms with E-state index in [4.69, 9.17) is 15.2 Å². The van der Waals surface area contributed by atoms with Crippen LogP contribution in [0.3, 0.4) is 0 Å². The lowest BCUT2D eigenvalue weighted by atomic mass is 9.84. The Bertz CT molecular complexity index is 2830. The van der Waals surface area contributed by atoms with Crippen molar-refractivity contribution >= 4 is 53.4 Å². The third-order valence-corrected chi connectivity index (χ3v) is 16.6. The summed E-state index contributed by atoms with van der Waals surface area (Å²) in [5.74, 6) is -4.23. The van der Waals surface area contributed by atoms with Crippen molar-refractivity contribution in [1.29, 1.82) is 0 Å². The fraction of sp³-hybridized carbons (Fsp3) is 0.578. The third kappa shape index (κ3) is 17.6. The molecule has 3 aliphatic carbocycles. The van der Waals surface area contributed by atoms with E-state index >= 15 is 0 Å². The number of benzene rings is 3. The first-order valence-corrected chi connectivity index (χ1v) is 30.0. The lowest BCUT2D eigenvalue weighted by molar-refractivity contribution is -0.144. The van der Waals surface area contributed by atoms with Crippen LogP contribution in [0.4, 0.5) is 9.59 Å². The Morgan fingerprint density at radius 1 is 0.702 bits per heavy atom. The van der Waals surface area contributed by atoms with Gasteiger partial charge in [-0.25, -0.2) is 9.59 Å². The number of aryl methyl sites for hydroxylation is 2. The number of alkyl carbamates (subject to hydrolysis) is 1. The number of rotatable bonds is 22. The van der Waals surface area contributed by atoms with Gasteiger partial charge in [0.1, 0.15) is 30.3 Å². The molecule has 1 unspecified atom stereocenters. The van der Waals surface area contributed by atoms with Crippen LogP contribution in [-0.2, 0) is 62.5 Å². The fourth-order valence-electron chi connectivity index (χ4n) is 12.0. The van der Waals surface area contributed by atoms with Gasteiger partial charge in [0, 0.05) is 56.9 Å². The number of likely N-dealkylation sites (tertiary alicyclic amines) is 1. The number of carbonyl (C=O) groups excluding carboxylic acids is 9. The summed E-state index contributed by atoms with van der Waals surface area (Å²) in [6.45, 7) is 12.2. The highest BCUT2D eigenvalue weighted by Gasteiger charge is 2.47. The molecule has 8 N–H and O–H groups in total. The summed E-state index contributed by atoms with van der Waals surface area (Å²) >= 11 is 0. The standard InChI is InChI=1S/C64H89N9O11/c1-39(72(8)62(82)84-64(5,6)7)57(77)71-56(63(2,3)4)60(80)73-37-44(36-52(73)59(79)69-50-29-17-25-42-23-13-15-27-46(42)50)67-54(75)32-18-31-53(74)66-33-19-30-51(70-61(81)83-38-40-20-10-9-11-21-40)55(76)47-34-43(65)35-48(47)58(78)68-49-28-16-24-41-22-12-14-26-45(41)49/h9-15,20-23,26-27,39,43-44,47-52,56H,16-19,24-25,28-38,65H2,1-8H3,(H,66,74)(H,67,75)(H,68,78)(H,69,79)(H,70,81)(H,71,77)/t39-,43+,44-,47?,48+,49+,50+,51-,52-,56+/m0/s1. The zero-order valence-electron chi connectivity index (χ0n) is 50.3. The summed E-state index contributed by atoms with van der Waals surface area (Å²) in [6, 6.07) is 19.4. The quantitative estimate of drug-likeness (QED) is 0.0529. The van der Waals surface area contributed by atoms with Crippen LogP contribution in [0.1, 0.15) is 165 Å². The van der Waals surface area contributed by atoms with Gasteiger partial charge in [0.2, 0.25) is 35.4 Å². The average molecular weight is 1160 g/mol. The number of carbonyl (C=O) groups is 9. The minimum absolute atomic E-state index is 0.000264. The van der Waals surface area contributed by atoms with Gasteiger partial charge in [0.25, 0.3) is 0 Å². The summed E-state index contributed by atoms with van der Waals surface area (Å²) < 4.78 is 11.0. The second-order valence-electron chi connectivity index (χ2n) is 25.3. The van der Waals surface area contributed by atoms with E-state index < -0.39 is 83.1 Å². The first kappa shape index (κ1) is 64.2. The van der Waals surface area contributed by atoms with E-state index in [0.717, 1.165) is 59.3 Å². The Kier molecular flexibility index (Phi) is 22.1. The minimum atomic E-state index is -1.13. The van der Waals surface area contributed by atoms with Crippen LogP contribution in [0.25, 0.3) is 0 Å². The van der Waals surface area contributed by atoms with E-state index in [0.29, 0.717) is 12.8 Å². The number of hydrogen-bond donors (Lipinski definition) is 7. The van der Waals surface area contributed by atoms with Crippen LogP contribution < -0.4 is 37.6 Å². The van der Waals surface area contributed by atoms with Crippen molar-refractivity contribution in [3.05, 3.63) is 107 Å². The van der Waals surface area contributed by atoms with Gasteiger partial charge in [-0.1, -0.05) is 99.6 Å². The Morgan fingerprint density at radius 3 is 1.90 bits per heavy atom. The molecule has 0 aromatic heterocycles. The van der Waals surface area contributed by atoms with Crippen molar-refractivity contribution in [2.24, 2.45) is 23.0 Å². The molecule has 0 spiro atoms. The van der Waals surface area contributed by atoms with Crippen LogP contribution in [0, 0.1) is 17.3 Å². The Hall–Kier alpha value is -7.35. The van der Waals surface area contributed by atoms with E-state index in [-0.39, 0.29) is 106 Å². The number of amides is 8. The summed E-state index contributed by atoms with van der Waals surface area (Å²) in [7, 11) is 1.44. The number of ketones is 1. The predicted molar refractivity (Wildman–Crippen MR) is 316 cm³/mol. The zero-order chi connectivity index (χ0) is 60.9. The molecule has 20 heteroatoms. The van der Waals surface area contributed by atoms with Crippen molar-refractivity contribution in [3.8, 4) is 0 Å². The normalized spacial score (nSPS) is 22.1. The highest BCUT2D eigenvalue weighted by atomic mass is 16.6. The van der Waals surface area contributed by atoms with Crippen molar-refractivity contribution in [3.63, 3.8) is 0 Å². The van der Waals surface area contributed by atoms with Crippen LogP contribution in [-0.4, -0.2) is 125 Å². The number of nitrogens with zero attached hydrogens (tertiary/aromatic N) is 2. The first-order chi connectivity index (χ1) is 39.9. The van der Waals surface area contributed by atoms with E-state index in [1.165, 1.54) is 24.4 Å². The Balaban J connectivity index is 0.942. The van der Waals surface area contributed by atoms with Crippen LogP contribution in [0.2, 0.25) is 0 Å². The number of hydrogen-bond acceptors (Lipinski definition) is 12. The van der Waals surface area contributed by atoms with Crippen molar-refractivity contribution < 1.29 is 52.6 Å². The second kappa shape index (κ2) is 29.0. The molecular weight excluding hydrogens is 1070 g/mol. The van der Waals surface area contributed by atoms with Gasteiger partial charge in [-0.2, -0.15) is 0 Å². The van der Waals surface area contributed by atoms with Gasteiger partial charge in [-0.15, -0.1) is 0 Å². The number of likely N-dealkylation sites (N-methyl/N-ethyl adjacent to an activating group) is 1. The SMILES string of the molecule is C[C@@H](C(=O)N[C@H](C(=O)N1C[C@@H](NC(=O)CCCC(=O)NCCC[C@H](NC(=O)OCc2ccccc2)C(=O)C2C[C@@H](N)C[C@H]2C(=O)N[C@@H]2CCCc3ccccc32)C[C@H]1C(=O)N[C@@H]1CCCc2ccccc21)C(C)(C)C)N(C)C(=O)OC(C)(C)C. The lowest BCUT2D eigenvalue weighted by Crippen LogP contribution is -2.60. The summed E-state index contributed by atoms with van der Waals surface area (Å²) in [5.41, 5.74) is 9.96. The molecule has 456 valence electrons. The second-order valence-corrected chi connectivity index (χ2v) is 25.3. The summed E-state index contributed by atoms with van der Waals surface area (Å²) in [6.07, 6.45) is 4.85. The maximum Gasteiger partial charge on any atom is 0.410 e. The van der Waals surface area contributed by atoms with Gasteiger partial charge in [0.05, 0.1) is 18.1 Å². The Labute approximate surface area is 494 Å². The van der Waals surface area contributed by atoms with E-state index in [2.05, 4.69) is 38.0 Å². The van der Waals surface area contributed by atoms with Gasteiger partial charge in [-0.05, 0) is 138 Å². The van der Waals surface area contributed by atoms with E-state index in [1.54, 1.807) is 41.5 Å².